The Balaban J connectivity index is 2.14. The number of nitrogens with zero attached hydrogens (tertiary/aromatic N) is 1. The summed E-state index contributed by atoms with van der Waals surface area (Å²) in [6.07, 6.45) is 9.46. The van der Waals surface area contributed by atoms with Crippen molar-refractivity contribution in [2.24, 2.45) is 0 Å². The Labute approximate surface area is 119 Å². The van der Waals surface area contributed by atoms with Gasteiger partial charge in [-0.05, 0) is 25.7 Å². The van der Waals surface area contributed by atoms with E-state index in [0.717, 1.165) is 56.8 Å². The fourth-order valence-electron chi connectivity index (χ4n) is 3.19. The van der Waals surface area contributed by atoms with Crippen LogP contribution >= 0.6 is 15.9 Å². The van der Waals surface area contributed by atoms with Gasteiger partial charge in [0.1, 0.15) is 0 Å². The van der Waals surface area contributed by atoms with Crippen molar-refractivity contribution in [2.75, 3.05) is 11.9 Å². The van der Waals surface area contributed by atoms with Crippen LogP contribution in [0.3, 0.4) is 0 Å². The van der Waals surface area contributed by atoms with Gasteiger partial charge < -0.3 is 0 Å². The summed E-state index contributed by atoms with van der Waals surface area (Å²) < 4.78 is 27.4. The summed E-state index contributed by atoms with van der Waals surface area (Å²) in [7, 11) is -3.07. The average molecular weight is 338 g/mol. The molecule has 3 nitrogen and oxygen atoms in total. The van der Waals surface area contributed by atoms with Crippen molar-refractivity contribution < 1.29 is 8.42 Å². The molecule has 1 unspecified atom stereocenters. The molecule has 0 amide bonds. The van der Waals surface area contributed by atoms with E-state index in [4.69, 9.17) is 0 Å². The van der Waals surface area contributed by atoms with Gasteiger partial charge in [-0.25, -0.2) is 8.42 Å². The predicted molar refractivity (Wildman–Crippen MR) is 78.5 cm³/mol. The van der Waals surface area contributed by atoms with Crippen LogP contribution in [0.4, 0.5) is 0 Å². The smallest absolute Gasteiger partial charge is 0.212 e. The fraction of sp³-hybridized carbons (Fsp3) is 1.00. The Morgan fingerprint density at radius 2 is 1.56 bits per heavy atom. The first kappa shape index (κ1) is 14.8. The molecule has 1 saturated carbocycles. The van der Waals surface area contributed by atoms with E-state index in [0.29, 0.717) is 0 Å². The lowest BCUT2D eigenvalue weighted by Gasteiger charge is -2.33. The van der Waals surface area contributed by atoms with Gasteiger partial charge in [0.05, 0.1) is 5.25 Å². The topological polar surface area (TPSA) is 37.4 Å². The molecule has 0 aromatic rings. The molecule has 18 heavy (non-hydrogen) atoms. The van der Waals surface area contributed by atoms with Crippen LogP contribution in [-0.4, -0.2) is 35.9 Å². The number of halogens is 1. The van der Waals surface area contributed by atoms with Gasteiger partial charge in [0, 0.05) is 17.9 Å². The first-order valence-corrected chi connectivity index (χ1v) is 9.85. The van der Waals surface area contributed by atoms with Crippen LogP contribution in [0.25, 0.3) is 0 Å². The molecule has 0 radical (unpaired) electrons. The van der Waals surface area contributed by atoms with Gasteiger partial charge in [-0.3, -0.25) is 0 Å². The highest BCUT2D eigenvalue weighted by Gasteiger charge is 2.36. The maximum atomic E-state index is 12.8. The lowest BCUT2D eigenvalue weighted by atomic mass is 10.0. The zero-order valence-electron chi connectivity index (χ0n) is 11.0. The Kier molecular flexibility index (Phi) is 5.51. The van der Waals surface area contributed by atoms with Crippen LogP contribution in [0, 0.1) is 0 Å². The summed E-state index contributed by atoms with van der Waals surface area (Å²) >= 11 is 3.50. The molecule has 1 atom stereocenters. The maximum absolute atomic E-state index is 12.8. The molecule has 2 aliphatic rings. The fourth-order valence-corrected chi connectivity index (χ4v) is 6.35. The molecule has 5 heteroatoms. The van der Waals surface area contributed by atoms with Gasteiger partial charge in [0.2, 0.25) is 10.0 Å². The molecular weight excluding hydrogens is 314 g/mol. The van der Waals surface area contributed by atoms with E-state index in [1.54, 1.807) is 0 Å². The van der Waals surface area contributed by atoms with E-state index >= 15 is 0 Å². The van der Waals surface area contributed by atoms with Gasteiger partial charge in [0.15, 0.2) is 0 Å². The van der Waals surface area contributed by atoms with Crippen LogP contribution in [-0.2, 0) is 10.0 Å². The predicted octanol–water partition coefficient (Wildman–Crippen LogP) is 3.29. The first-order chi connectivity index (χ1) is 8.66. The van der Waals surface area contributed by atoms with Crippen LogP contribution in [0.5, 0.6) is 0 Å². The van der Waals surface area contributed by atoms with Gasteiger partial charge in [-0.15, -0.1) is 0 Å². The summed E-state index contributed by atoms with van der Waals surface area (Å²) in [4.78, 5) is 0. The van der Waals surface area contributed by atoms with Gasteiger partial charge in [-0.1, -0.05) is 48.0 Å². The van der Waals surface area contributed by atoms with Crippen LogP contribution in [0.1, 0.15) is 57.8 Å². The molecule has 0 aromatic carbocycles. The number of hydrogen-bond acceptors (Lipinski definition) is 2. The number of rotatable bonds is 3. The third kappa shape index (κ3) is 3.28. The second kappa shape index (κ2) is 6.71. The first-order valence-electron chi connectivity index (χ1n) is 7.23. The van der Waals surface area contributed by atoms with Crippen molar-refractivity contribution in [3.63, 3.8) is 0 Å². The molecule has 106 valence electrons. The van der Waals surface area contributed by atoms with E-state index in [9.17, 15) is 8.42 Å². The molecule has 1 heterocycles. The largest absolute Gasteiger partial charge is 0.217 e. The van der Waals surface area contributed by atoms with Crippen molar-refractivity contribution in [1.29, 1.82) is 0 Å². The van der Waals surface area contributed by atoms with Crippen molar-refractivity contribution >= 4 is 26.0 Å². The normalized spacial score (nSPS) is 29.1. The zero-order chi connectivity index (χ0) is 13.0. The van der Waals surface area contributed by atoms with Crippen molar-refractivity contribution in [2.45, 2.75) is 69.1 Å². The van der Waals surface area contributed by atoms with E-state index < -0.39 is 10.0 Å². The average Bonchev–Trinajstić information content (AvgIpc) is 2.65. The van der Waals surface area contributed by atoms with Gasteiger partial charge >= 0.3 is 0 Å². The molecule has 0 N–H and O–H groups in total. The highest BCUT2D eigenvalue weighted by Crippen LogP contribution is 2.30. The zero-order valence-corrected chi connectivity index (χ0v) is 13.4. The van der Waals surface area contributed by atoms with E-state index in [-0.39, 0.29) is 11.3 Å². The second-order valence-corrected chi connectivity index (χ2v) is 8.39. The molecule has 2 rings (SSSR count). The lowest BCUT2D eigenvalue weighted by Crippen LogP contribution is -2.46. The summed E-state index contributed by atoms with van der Waals surface area (Å²) in [6, 6.07) is 0.180. The third-order valence-electron chi connectivity index (χ3n) is 4.30. The number of alkyl halides is 1. The van der Waals surface area contributed by atoms with E-state index in [1.165, 1.54) is 12.8 Å². The minimum atomic E-state index is -3.07. The Morgan fingerprint density at radius 1 is 0.944 bits per heavy atom. The van der Waals surface area contributed by atoms with Crippen molar-refractivity contribution in [3.8, 4) is 0 Å². The summed E-state index contributed by atoms with van der Waals surface area (Å²) in [5.74, 6) is 0. The Bertz CT molecular complexity index is 352. The molecule has 0 spiro atoms. The summed E-state index contributed by atoms with van der Waals surface area (Å²) in [6.45, 7) is 0.731. The number of sulfonamides is 1. The lowest BCUT2D eigenvalue weighted by molar-refractivity contribution is 0.334. The minimum Gasteiger partial charge on any atom is -0.212 e. The SMILES string of the molecule is O=S(=O)(C1CCCCC1)N1CCCCCC1CBr. The minimum absolute atomic E-state index is 0.106. The van der Waals surface area contributed by atoms with E-state index in [2.05, 4.69) is 15.9 Å². The van der Waals surface area contributed by atoms with Gasteiger partial charge in [-0.2, -0.15) is 4.31 Å². The van der Waals surface area contributed by atoms with Crippen LogP contribution < -0.4 is 0 Å². The van der Waals surface area contributed by atoms with Crippen LogP contribution in [0.2, 0.25) is 0 Å². The van der Waals surface area contributed by atoms with Crippen molar-refractivity contribution in [1.82, 2.24) is 4.31 Å². The molecular formula is C13H24BrNO2S. The quantitative estimate of drug-likeness (QED) is 0.741. The molecule has 0 bridgehead atoms. The van der Waals surface area contributed by atoms with Crippen LogP contribution in [0.15, 0.2) is 0 Å². The molecule has 1 aliphatic carbocycles. The Morgan fingerprint density at radius 3 is 2.22 bits per heavy atom. The molecule has 1 saturated heterocycles. The summed E-state index contributed by atoms with van der Waals surface area (Å²) in [5, 5.41) is 0.671. The third-order valence-corrected chi connectivity index (χ3v) is 7.50. The Hall–Kier alpha value is 0.390. The van der Waals surface area contributed by atoms with Gasteiger partial charge in [0.25, 0.3) is 0 Å². The molecule has 2 fully saturated rings. The standard InChI is InChI=1S/C13H24BrNO2S/c14-11-12-7-3-2-6-10-15(12)18(16,17)13-8-4-1-5-9-13/h12-13H,1-11H2. The highest BCUT2D eigenvalue weighted by atomic mass is 79.9. The molecule has 0 aromatic heterocycles. The molecule has 1 aliphatic heterocycles. The number of hydrogen-bond donors (Lipinski definition) is 0. The highest BCUT2D eigenvalue weighted by molar-refractivity contribution is 9.09. The van der Waals surface area contributed by atoms with E-state index in [1.807, 2.05) is 4.31 Å². The monoisotopic (exact) mass is 337 g/mol. The maximum Gasteiger partial charge on any atom is 0.217 e. The van der Waals surface area contributed by atoms with Crippen molar-refractivity contribution in [3.05, 3.63) is 0 Å². The second-order valence-electron chi connectivity index (χ2n) is 5.57. The summed E-state index contributed by atoms with van der Waals surface area (Å²) in [5.41, 5.74) is 0.